The minimum atomic E-state index is -4.33. The van der Waals surface area contributed by atoms with Crippen LogP contribution in [0.1, 0.15) is 11.1 Å². The Kier molecular flexibility index (Phi) is 8.09. The standard InChI is InChI=1S/C44H25F3S6/c1-24-2-4-25(5-3-24)32-14-18-36(48-32)38-20-16-34(50-38)27-8-12-30-40(22-27)52-43-31-13-9-28(23-41(31)53-42(30)43)35-17-21-39(51-35)37-19-15-33(49-37)26-6-10-29(11-7-26)44(45,46)47/h2-23H,1H3. The molecule has 0 aliphatic carbocycles. The van der Waals surface area contributed by atoms with Gasteiger partial charge in [-0.1, -0.05) is 66.2 Å². The molecule has 0 spiro atoms. The predicted octanol–water partition coefficient (Wildman–Crippen LogP) is 16.8. The van der Waals surface area contributed by atoms with Gasteiger partial charge in [-0.15, -0.1) is 68.0 Å². The molecule has 6 aromatic heterocycles. The van der Waals surface area contributed by atoms with Gasteiger partial charge in [0.1, 0.15) is 0 Å². The van der Waals surface area contributed by atoms with Crippen molar-refractivity contribution < 1.29 is 13.2 Å². The minimum Gasteiger partial charge on any atom is -0.166 e. The SMILES string of the molecule is Cc1ccc(-c2ccc(-c3ccc(-c4ccc5c(c4)sc4c6ccc(-c7ccc(-c8ccc(-c9ccc(C(F)(F)F)cc9)s8)s7)cc6sc54)s3)s2)cc1. The Morgan fingerprint density at radius 1 is 0.358 bits per heavy atom. The molecule has 4 aromatic carbocycles. The lowest BCUT2D eigenvalue weighted by Crippen LogP contribution is -2.03. The van der Waals surface area contributed by atoms with Crippen molar-refractivity contribution >= 4 is 97.6 Å². The number of halogens is 3. The highest BCUT2D eigenvalue weighted by atomic mass is 32.1. The summed E-state index contributed by atoms with van der Waals surface area (Å²) in [5.41, 5.74) is 5.16. The second-order valence-corrected chi connectivity index (χ2v) is 19.3. The molecular formula is C44H25F3S6. The van der Waals surface area contributed by atoms with Gasteiger partial charge in [-0.2, -0.15) is 13.2 Å². The zero-order valence-corrected chi connectivity index (χ0v) is 32.7. The average molecular weight is 803 g/mol. The molecular weight excluding hydrogens is 778 g/mol. The third-order valence-electron chi connectivity index (χ3n) is 9.39. The van der Waals surface area contributed by atoms with Crippen molar-refractivity contribution in [2.75, 3.05) is 0 Å². The molecule has 10 aromatic rings. The van der Waals surface area contributed by atoms with Gasteiger partial charge in [-0.3, -0.25) is 0 Å². The molecule has 0 saturated heterocycles. The maximum Gasteiger partial charge on any atom is 0.416 e. The van der Waals surface area contributed by atoms with Gasteiger partial charge in [0.2, 0.25) is 0 Å². The summed E-state index contributed by atoms with van der Waals surface area (Å²) >= 11 is 10.8. The molecule has 258 valence electrons. The lowest BCUT2D eigenvalue weighted by atomic mass is 10.1. The molecule has 0 atom stereocenters. The van der Waals surface area contributed by atoms with Crippen LogP contribution in [0.3, 0.4) is 0 Å². The molecule has 0 amide bonds. The summed E-state index contributed by atoms with van der Waals surface area (Å²) in [6, 6.07) is 45.2. The smallest absolute Gasteiger partial charge is 0.166 e. The van der Waals surface area contributed by atoms with E-state index < -0.39 is 11.7 Å². The average Bonchev–Trinajstić information content (AvgIpc) is 4.01. The van der Waals surface area contributed by atoms with Gasteiger partial charge in [0.25, 0.3) is 0 Å². The minimum absolute atomic E-state index is 0.628. The number of alkyl halides is 3. The van der Waals surface area contributed by atoms with E-state index in [0.29, 0.717) is 0 Å². The first-order valence-corrected chi connectivity index (χ1v) is 21.7. The van der Waals surface area contributed by atoms with Crippen LogP contribution in [0, 0.1) is 6.92 Å². The largest absolute Gasteiger partial charge is 0.416 e. The summed E-state index contributed by atoms with van der Waals surface area (Å²) in [6.07, 6.45) is -4.33. The third-order valence-corrected chi connectivity index (χ3v) is 16.8. The topological polar surface area (TPSA) is 0 Å². The molecule has 0 radical (unpaired) electrons. The third kappa shape index (κ3) is 6.09. The zero-order valence-electron chi connectivity index (χ0n) is 27.8. The number of rotatable bonds is 6. The Morgan fingerprint density at radius 3 is 1.09 bits per heavy atom. The molecule has 53 heavy (non-hydrogen) atoms. The van der Waals surface area contributed by atoms with Crippen LogP contribution in [0.4, 0.5) is 13.2 Å². The molecule has 0 aliphatic heterocycles. The number of thiophene rings is 6. The molecule has 0 aliphatic rings. The Balaban J connectivity index is 0.895. The normalized spacial score (nSPS) is 12.2. The molecule has 9 heteroatoms. The molecule has 10 rings (SSSR count). The van der Waals surface area contributed by atoms with E-state index in [9.17, 15) is 13.2 Å². The molecule has 0 saturated carbocycles. The van der Waals surface area contributed by atoms with Gasteiger partial charge in [0.05, 0.1) is 15.0 Å². The van der Waals surface area contributed by atoms with Crippen molar-refractivity contribution in [3.63, 3.8) is 0 Å². The van der Waals surface area contributed by atoms with E-state index in [-0.39, 0.29) is 0 Å². The lowest BCUT2D eigenvalue weighted by molar-refractivity contribution is -0.137. The number of benzene rings is 4. The number of hydrogen-bond acceptors (Lipinski definition) is 6. The van der Waals surface area contributed by atoms with Crippen molar-refractivity contribution in [3.05, 3.63) is 145 Å². The van der Waals surface area contributed by atoms with E-state index in [0.717, 1.165) is 32.3 Å². The van der Waals surface area contributed by atoms with Crippen LogP contribution in [-0.4, -0.2) is 0 Å². The fourth-order valence-electron chi connectivity index (χ4n) is 6.61. The quantitative estimate of drug-likeness (QED) is 0.157. The van der Waals surface area contributed by atoms with Crippen LogP contribution < -0.4 is 0 Å². The first-order chi connectivity index (χ1) is 25.7. The molecule has 6 heterocycles. The van der Waals surface area contributed by atoms with E-state index in [2.05, 4.69) is 110 Å². The van der Waals surface area contributed by atoms with Crippen LogP contribution >= 0.6 is 68.0 Å². The number of aryl methyl sites for hydroxylation is 1. The van der Waals surface area contributed by atoms with Gasteiger partial charge in [-0.05, 0) is 102 Å². The molecule has 0 bridgehead atoms. The van der Waals surface area contributed by atoms with Crippen molar-refractivity contribution in [3.8, 4) is 61.3 Å². The van der Waals surface area contributed by atoms with Gasteiger partial charge >= 0.3 is 6.18 Å². The first kappa shape index (κ1) is 33.2. The summed E-state index contributed by atoms with van der Waals surface area (Å²) in [5, 5.41) is 2.61. The summed E-state index contributed by atoms with van der Waals surface area (Å²) in [6.45, 7) is 2.12. The zero-order chi connectivity index (χ0) is 35.8. The summed E-state index contributed by atoms with van der Waals surface area (Å²) in [5.74, 6) is 0. The highest BCUT2D eigenvalue weighted by molar-refractivity contribution is 7.36. The fraction of sp³-hybridized carbons (Fsp3) is 0.0455. The van der Waals surface area contributed by atoms with Crippen LogP contribution in [0.25, 0.3) is 90.8 Å². The van der Waals surface area contributed by atoms with Gasteiger partial charge in [-0.25, -0.2) is 0 Å². The van der Waals surface area contributed by atoms with Crippen LogP contribution in [0.2, 0.25) is 0 Å². The van der Waals surface area contributed by atoms with Crippen molar-refractivity contribution in [2.24, 2.45) is 0 Å². The lowest BCUT2D eigenvalue weighted by Gasteiger charge is -2.06. The second-order valence-electron chi connectivity index (χ2n) is 12.9. The van der Waals surface area contributed by atoms with Crippen molar-refractivity contribution in [2.45, 2.75) is 13.1 Å². The van der Waals surface area contributed by atoms with Crippen LogP contribution in [-0.2, 0) is 6.18 Å². The fourth-order valence-corrected chi connectivity index (χ4v) is 13.5. The summed E-state index contributed by atoms with van der Waals surface area (Å²) in [7, 11) is 0. The van der Waals surface area contributed by atoms with Crippen LogP contribution in [0.15, 0.2) is 133 Å². The molecule has 0 unspecified atom stereocenters. The maximum atomic E-state index is 13.0. The van der Waals surface area contributed by atoms with Gasteiger partial charge in [0.15, 0.2) is 0 Å². The molecule has 0 nitrogen and oxygen atoms in total. The Labute approximate surface area is 327 Å². The van der Waals surface area contributed by atoms with Gasteiger partial charge in [0, 0.05) is 59.2 Å². The van der Waals surface area contributed by atoms with E-state index in [1.807, 2.05) is 51.4 Å². The highest BCUT2D eigenvalue weighted by Gasteiger charge is 2.30. The number of fused-ring (bicyclic) bond motifs is 5. The highest BCUT2D eigenvalue weighted by Crippen LogP contribution is 2.48. The van der Waals surface area contributed by atoms with Crippen LogP contribution in [0.5, 0.6) is 0 Å². The Morgan fingerprint density at radius 2 is 0.698 bits per heavy atom. The van der Waals surface area contributed by atoms with E-state index in [1.165, 1.54) is 76.2 Å². The van der Waals surface area contributed by atoms with E-state index >= 15 is 0 Å². The molecule has 0 N–H and O–H groups in total. The second kappa shape index (κ2) is 12.9. The Hall–Kier alpha value is -4.35. The van der Waals surface area contributed by atoms with E-state index in [1.54, 1.807) is 34.8 Å². The van der Waals surface area contributed by atoms with E-state index in [4.69, 9.17) is 0 Å². The summed E-state index contributed by atoms with van der Waals surface area (Å²) in [4.78, 5) is 9.59. The molecule has 0 fully saturated rings. The monoisotopic (exact) mass is 802 g/mol. The Bertz CT molecular complexity index is 2940. The van der Waals surface area contributed by atoms with Crippen molar-refractivity contribution in [1.29, 1.82) is 0 Å². The van der Waals surface area contributed by atoms with Gasteiger partial charge < -0.3 is 0 Å². The van der Waals surface area contributed by atoms with Crippen molar-refractivity contribution in [1.82, 2.24) is 0 Å². The first-order valence-electron chi connectivity index (χ1n) is 16.8. The maximum absolute atomic E-state index is 13.0. The number of hydrogen-bond donors (Lipinski definition) is 0. The summed E-state index contributed by atoms with van der Waals surface area (Å²) < 4.78 is 44.4. The predicted molar refractivity (Wildman–Crippen MR) is 229 cm³/mol.